The van der Waals surface area contributed by atoms with Crippen molar-refractivity contribution < 1.29 is 32.2 Å². The Morgan fingerprint density at radius 1 is 1.15 bits per heavy atom. The van der Waals surface area contributed by atoms with E-state index >= 15 is 0 Å². The van der Waals surface area contributed by atoms with Crippen molar-refractivity contribution in [3.63, 3.8) is 0 Å². The number of rotatable bonds is 6. The van der Waals surface area contributed by atoms with Crippen LogP contribution in [0.5, 0.6) is 0 Å². The van der Waals surface area contributed by atoms with Crippen LogP contribution in [0.2, 0.25) is 5.02 Å². The Hall–Kier alpha value is -3.48. The molecule has 0 aliphatic carbocycles. The summed E-state index contributed by atoms with van der Waals surface area (Å²) in [7, 11) is 1.21. The summed E-state index contributed by atoms with van der Waals surface area (Å²) >= 11 is 6.36. The van der Waals surface area contributed by atoms with E-state index in [1.165, 1.54) is 19.2 Å². The largest absolute Gasteiger partial charge is 0.466 e. The Morgan fingerprint density at radius 3 is 2.58 bits per heavy atom. The summed E-state index contributed by atoms with van der Waals surface area (Å²) in [6.45, 7) is 2.68. The lowest BCUT2D eigenvalue weighted by atomic mass is 9.94. The lowest BCUT2D eigenvalue weighted by molar-refractivity contribution is -0.142. The molecule has 0 radical (unpaired) electrons. The minimum Gasteiger partial charge on any atom is -0.466 e. The van der Waals surface area contributed by atoms with Crippen molar-refractivity contribution in [2.45, 2.75) is 25.0 Å². The molecule has 0 bridgehead atoms. The molecule has 1 N–H and O–H groups in total. The minimum atomic E-state index is -1.10. The van der Waals surface area contributed by atoms with Crippen molar-refractivity contribution in [1.29, 1.82) is 0 Å². The van der Waals surface area contributed by atoms with E-state index in [1.54, 1.807) is 4.90 Å². The molecule has 9 nitrogen and oxygen atoms in total. The molecule has 13 heteroatoms. The Bertz CT molecular complexity index is 1370. The average molecular weight is 578 g/mol. The van der Waals surface area contributed by atoms with Gasteiger partial charge in [0, 0.05) is 61.7 Å². The molecule has 2 saturated heterocycles. The van der Waals surface area contributed by atoms with Gasteiger partial charge in [0.1, 0.15) is 29.5 Å². The number of aliphatic imine (C=N–C) groups is 1. The van der Waals surface area contributed by atoms with Crippen LogP contribution < -0.4 is 5.32 Å². The number of carbonyl (C=O) groups is 2. The first-order valence-corrected chi connectivity index (χ1v) is 13.2. The summed E-state index contributed by atoms with van der Waals surface area (Å²) in [5.74, 6) is -3.21. The maximum atomic E-state index is 14.8. The van der Waals surface area contributed by atoms with Gasteiger partial charge in [-0.05, 0) is 25.0 Å². The molecule has 1 amide bonds. The number of halogens is 4. The number of ether oxygens (including phenoxy) is 2. The van der Waals surface area contributed by atoms with Gasteiger partial charge in [0.25, 0.3) is 5.91 Å². The van der Waals surface area contributed by atoms with Gasteiger partial charge in [-0.3, -0.25) is 14.7 Å². The van der Waals surface area contributed by atoms with Crippen molar-refractivity contribution in [2.24, 2.45) is 4.99 Å². The first kappa shape index (κ1) is 28.1. The fraction of sp³-hybridized carbons (Fsp3) is 0.407. The Kier molecular flexibility index (Phi) is 8.38. The molecule has 1 aromatic carbocycles. The van der Waals surface area contributed by atoms with Gasteiger partial charge in [-0.15, -0.1) is 0 Å². The number of aromatic nitrogens is 1. The predicted octanol–water partition coefficient (Wildman–Crippen LogP) is 2.99. The number of nitrogens with zero attached hydrogens (tertiary/aromatic N) is 4. The number of esters is 1. The van der Waals surface area contributed by atoms with Crippen LogP contribution in [-0.2, 0) is 19.1 Å². The second-order valence-corrected chi connectivity index (χ2v) is 10.0. The number of piperazine rings is 1. The van der Waals surface area contributed by atoms with Crippen LogP contribution in [0.25, 0.3) is 0 Å². The van der Waals surface area contributed by atoms with Crippen LogP contribution in [-0.4, -0.2) is 85.0 Å². The molecule has 5 rings (SSSR count). The molecular weight excluding hydrogens is 551 g/mol. The second kappa shape index (κ2) is 11.9. The molecule has 1 aromatic heterocycles. The van der Waals surface area contributed by atoms with Crippen LogP contribution in [0, 0.1) is 17.5 Å². The van der Waals surface area contributed by atoms with Gasteiger partial charge in [0.2, 0.25) is 0 Å². The molecule has 2 fully saturated rings. The van der Waals surface area contributed by atoms with Gasteiger partial charge in [0.05, 0.1) is 18.9 Å². The zero-order chi connectivity index (χ0) is 28.4. The van der Waals surface area contributed by atoms with Crippen LogP contribution in [0.15, 0.2) is 46.7 Å². The Labute approximate surface area is 233 Å². The van der Waals surface area contributed by atoms with Gasteiger partial charge in [-0.25, -0.2) is 22.9 Å². The monoisotopic (exact) mass is 577 g/mol. The van der Waals surface area contributed by atoms with Crippen LogP contribution >= 0.6 is 11.6 Å². The fourth-order valence-corrected chi connectivity index (χ4v) is 5.32. The fourth-order valence-electron chi connectivity index (χ4n) is 5.05. The zero-order valence-corrected chi connectivity index (χ0v) is 22.4. The summed E-state index contributed by atoms with van der Waals surface area (Å²) < 4.78 is 52.9. The molecule has 0 saturated carbocycles. The molecule has 2 atom stereocenters. The summed E-state index contributed by atoms with van der Waals surface area (Å²) in [4.78, 5) is 38.0. The van der Waals surface area contributed by atoms with E-state index in [2.05, 4.69) is 15.3 Å². The number of hydrogen-bond donors (Lipinski definition) is 1. The predicted molar refractivity (Wildman–Crippen MR) is 139 cm³/mol. The SMILES string of the molecule is COC(=O)C1=C(CN2CCN(C(=O)C3CCCO3)CC2)NC(c2ncc(F)cc2F)=N[C@H]1c1ccc(F)cc1Cl. The lowest BCUT2D eigenvalue weighted by Gasteiger charge is -2.37. The molecule has 3 aliphatic heterocycles. The van der Waals surface area contributed by atoms with E-state index in [1.807, 2.05) is 4.90 Å². The standard InChI is InChI=1S/C27H27ClF3N5O4/c1-39-27(38)22-20(14-35-6-8-36(9-7-35)26(37)21-3-2-10-40-21)33-25(24-19(31)12-16(30)13-32-24)34-23(22)17-5-4-15(29)11-18(17)28/h4-5,11-13,21,23H,2-3,6-10,14H2,1H3,(H,33,34)/t21?,23-/m0/s1. The van der Waals surface area contributed by atoms with E-state index in [4.69, 9.17) is 21.1 Å². The maximum absolute atomic E-state index is 14.8. The third kappa shape index (κ3) is 5.84. The van der Waals surface area contributed by atoms with Gasteiger partial charge < -0.3 is 19.7 Å². The smallest absolute Gasteiger partial charge is 0.338 e. The van der Waals surface area contributed by atoms with Crippen molar-refractivity contribution in [1.82, 2.24) is 20.1 Å². The van der Waals surface area contributed by atoms with E-state index in [9.17, 15) is 22.8 Å². The molecule has 3 aliphatic rings. The van der Waals surface area contributed by atoms with Crippen LogP contribution in [0.1, 0.15) is 30.1 Å². The van der Waals surface area contributed by atoms with Crippen molar-refractivity contribution in [2.75, 3.05) is 46.4 Å². The number of methoxy groups -OCH3 is 1. The quantitative estimate of drug-likeness (QED) is 0.527. The third-order valence-electron chi connectivity index (χ3n) is 7.09. The van der Waals surface area contributed by atoms with E-state index in [0.717, 1.165) is 18.7 Å². The van der Waals surface area contributed by atoms with Crippen LogP contribution in [0.3, 0.4) is 0 Å². The molecule has 0 spiro atoms. The summed E-state index contributed by atoms with van der Waals surface area (Å²) in [5, 5.41) is 3.00. The molecule has 40 heavy (non-hydrogen) atoms. The number of nitrogens with one attached hydrogen (secondary N) is 1. The van der Waals surface area contributed by atoms with E-state index in [-0.39, 0.29) is 40.1 Å². The van der Waals surface area contributed by atoms with Gasteiger partial charge >= 0.3 is 5.97 Å². The molecular formula is C27H27ClF3N5O4. The average Bonchev–Trinajstić information content (AvgIpc) is 3.48. The van der Waals surface area contributed by atoms with Gasteiger partial charge in [0.15, 0.2) is 11.7 Å². The number of pyridine rings is 1. The van der Waals surface area contributed by atoms with Gasteiger partial charge in [-0.1, -0.05) is 17.7 Å². The maximum Gasteiger partial charge on any atom is 0.338 e. The molecule has 1 unspecified atom stereocenters. The number of hydrogen-bond acceptors (Lipinski definition) is 8. The number of carbonyl (C=O) groups excluding carboxylic acids is 2. The van der Waals surface area contributed by atoms with E-state index < -0.39 is 35.6 Å². The highest BCUT2D eigenvalue weighted by Gasteiger charge is 2.36. The van der Waals surface area contributed by atoms with E-state index in [0.29, 0.717) is 51.0 Å². The van der Waals surface area contributed by atoms with Crippen LogP contribution in [0.4, 0.5) is 13.2 Å². The normalized spacial score (nSPS) is 21.7. The minimum absolute atomic E-state index is 0.00421. The van der Waals surface area contributed by atoms with Crippen molar-refractivity contribution in [3.05, 3.63) is 75.5 Å². The summed E-state index contributed by atoms with van der Waals surface area (Å²) in [6, 6.07) is 3.23. The highest BCUT2D eigenvalue weighted by molar-refractivity contribution is 6.31. The molecule has 2 aromatic rings. The molecule has 212 valence electrons. The number of benzene rings is 1. The summed E-state index contributed by atoms with van der Waals surface area (Å²) in [5.41, 5.74) is 0.458. The number of amidine groups is 1. The van der Waals surface area contributed by atoms with Gasteiger partial charge in [-0.2, -0.15) is 0 Å². The lowest BCUT2D eigenvalue weighted by Crippen LogP contribution is -2.52. The summed E-state index contributed by atoms with van der Waals surface area (Å²) in [6.07, 6.45) is 2.02. The topological polar surface area (TPSA) is 96.4 Å². The highest BCUT2D eigenvalue weighted by Crippen LogP contribution is 2.36. The third-order valence-corrected chi connectivity index (χ3v) is 7.42. The first-order chi connectivity index (χ1) is 19.2. The van der Waals surface area contributed by atoms with Crippen molar-refractivity contribution in [3.8, 4) is 0 Å². The number of amides is 1. The highest BCUT2D eigenvalue weighted by atomic mass is 35.5. The first-order valence-electron chi connectivity index (χ1n) is 12.8. The van der Waals surface area contributed by atoms with Crippen molar-refractivity contribution >= 4 is 29.3 Å². The Morgan fingerprint density at radius 2 is 1.93 bits per heavy atom. The zero-order valence-electron chi connectivity index (χ0n) is 21.6. The second-order valence-electron chi connectivity index (χ2n) is 9.64. The Balaban J connectivity index is 1.47. The molecule has 4 heterocycles.